The molecule has 6 aromatic rings. The lowest BCUT2D eigenvalue weighted by molar-refractivity contribution is 0.243. The highest BCUT2D eigenvalue weighted by Gasteiger charge is 2.17. The van der Waals surface area contributed by atoms with Crippen molar-refractivity contribution in [3.63, 3.8) is 0 Å². The molecule has 0 amide bonds. The number of H-pyrrole nitrogens is 1. The minimum absolute atomic E-state index is 0.0691. The molecule has 0 aliphatic heterocycles. The standard InChI is InChI=1S/C36H34F2N6O4/c1-4-44(5-2)15-6-16-47-32-18-25-29(19-31(32)46-3)41-21-42-36(25)48-30-12-11-24(17-27(30)38)43-35-33-28(13-14-39-35)40-20-26(34(33)45)22-7-9-23(37)10-8-22/h7-14,17-21H,4-6,15-16H2,1-3H3,(H,39,43)(H,40,45). The van der Waals surface area contributed by atoms with Crippen LogP contribution in [0.15, 0.2) is 84.2 Å². The monoisotopic (exact) mass is 652 g/mol. The lowest BCUT2D eigenvalue weighted by Crippen LogP contribution is -2.25. The quantitative estimate of drug-likeness (QED) is 0.123. The zero-order chi connectivity index (χ0) is 33.6. The largest absolute Gasteiger partial charge is 0.493 e. The highest BCUT2D eigenvalue weighted by atomic mass is 19.1. The van der Waals surface area contributed by atoms with Crippen LogP contribution in [0.3, 0.4) is 0 Å². The Labute approximate surface area is 275 Å². The molecular weight excluding hydrogens is 618 g/mol. The minimum Gasteiger partial charge on any atom is -0.493 e. The summed E-state index contributed by atoms with van der Waals surface area (Å²) in [5, 5.41) is 3.85. The van der Waals surface area contributed by atoms with Gasteiger partial charge in [-0.15, -0.1) is 0 Å². The van der Waals surface area contributed by atoms with Crippen molar-refractivity contribution in [3.8, 4) is 34.3 Å². The first-order valence-electron chi connectivity index (χ1n) is 15.6. The van der Waals surface area contributed by atoms with Crippen LogP contribution in [-0.4, -0.2) is 58.2 Å². The predicted octanol–water partition coefficient (Wildman–Crippen LogP) is 7.47. The van der Waals surface area contributed by atoms with Gasteiger partial charge < -0.3 is 29.4 Å². The topological polar surface area (TPSA) is 114 Å². The summed E-state index contributed by atoms with van der Waals surface area (Å²) >= 11 is 0. The van der Waals surface area contributed by atoms with Gasteiger partial charge >= 0.3 is 0 Å². The van der Waals surface area contributed by atoms with Crippen molar-refractivity contribution in [3.05, 3.63) is 101 Å². The first kappa shape index (κ1) is 32.3. The molecule has 3 aromatic heterocycles. The van der Waals surface area contributed by atoms with E-state index in [1.54, 1.807) is 37.6 Å². The van der Waals surface area contributed by atoms with Crippen LogP contribution in [0, 0.1) is 11.6 Å². The Morgan fingerprint density at radius 3 is 2.48 bits per heavy atom. The maximum atomic E-state index is 15.5. The third-order valence-electron chi connectivity index (χ3n) is 8.01. The van der Waals surface area contributed by atoms with Crippen LogP contribution in [0.4, 0.5) is 20.3 Å². The number of hydrogen-bond donors (Lipinski definition) is 2. The summed E-state index contributed by atoms with van der Waals surface area (Å²) in [6.07, 6.45) is 5.27. The van der Waals surface area contributed by atoms with Crippen molar-refractivity contribution in [2.75, 3.05) is 38.7 Å². The first-order chi connectivity index (χ1) is 23.4. The molecule has 246 valence electrons. The second kappa shape index (κ2) is 14.4. The van der Waals surface area contributed by atoms with Gasteiger partial charge in [-0.25, -0.2) is 23.7 Å². The molecule has 6 rings (SSSR count). The third-order valence-corrected chi connectivity index (χ3v) is 8.01. The molecule has 0 spiro atoms. The molecule has 0 atom stereocenters. The highest BCUT2D eigenvalue weighted by Crippen LogP contribution is 2.37. The summed E-state index contributed by atoms with van der Waals surface area (Å²) in [6, 6.07) is 15.1. The molecule has 0 saturated carbocycles. The lowest BCUT2D eigenvalue weighted by Gasteiger charge is -2.18. The molecule has 3 heterocycles. The molecule has 0 aliphatic carbocycles. The van der Waals surface area contributed by atoms with Crippen LogP contribution in [0.5, 0.6) is 23.1 Å². The van der Waals surface area contributed by atoms with E-state index >= 15 is 4.39 Å². The van der Waals surface area contributed by atoms with Crippen LogP contribution in [0.2, 0.25) is 0 Å². The number of aromatic amines is 1. The average molecular weight is 653 g/mol. The maximum Gasteiger partial charge on any atom is 0.230 e. The average Bonchev–Trinajstić information content (AvgIpc) is 3.10. The summed E-state index contributed by atoms with van der Waals surface area (Å²) in [7, 11) is 1.56. The Morgan fingerprint density at radius 1 is 0.917 bits per heavy atom. The fourth-order valence-electron chi connectivity index (χ4n) is 5.41. The predicted molar refractivity (Wildman–Crippen MR) is 182 cm³/mol. The van der Waals surface area contributed by atoms with Gasteiger partial charge in [0.25, 0.3) is 0 Å². The third kappa shape index (κ3) is 6.88. The molecule has 10 nitrogen and oxygen atoms in total. The fraction of sp³-hybridized carbons (Fsp3) is 0.222. The van der Waals surface area contributed by atoms with E-state index < -0.39 is 11.6 Å². The van der Waals surface area contributed by atoms with Crippen LogP contribution in [0.1, 0.15) is 20.3 Å². The van der Waals surface area contributed by atoms with Crippen molar-refractivity contribution in [1.29, 1.82) is 0 Å². The zero-order valence-corrected chi connectivity index (χ0v) is 26.7. The first-order valence-corrected chi connectivity index (χ1v) is 15.6. The molecule has 0 unspecified atom stereocenters. The van der Waals surface area contributed by atoms with Crippen LogP contribution < -0.4 is 25.0 Å². The van der Waals surface area contributed by atoms with Gasteiger partial charge in [-0.3, -0.25) is 4.79 Å². The Morgan fingerprint density at radius 2 is 1.73 bits per heavy atom. The molecule has 3 aromatic carbocycles. The van der Waals surface area contributed by atoms with E-state index in [0.29, 0.717) is 51.3 Å². The number of hydrogen-bond acceptors (Lipinski definition) is 9. The van der Waals surface area contributed by atoms with E-state index in [-0.39, 0.29) is 28.3 Å². The van der Waals surface area contributed by atoms with Crippen molar-refractivity contribution < 1.29 is 23.0 Å². The van der Waals surface area contributed by atoms with Crippen molar-refractivity contribution in [1.82, 2.24) is 24.8 Å². The maximum absolute atomic E-state index is 15.5. The minimum atomic E-state index is -0.672. The number of ether oxygens (including phenoxy) is 3. The molecule has 0 bridgehead atoms. The molecule has 12 heteroatoms. The Bertz CT molecular complexity index is 2120. The van der Waals surface area contributed by atoms with E-state index in [0.717, 1.165) is 26.1 Å². The normalized spacial score (nSPS) is 11.3. The number of nitrogens with zero attached hydrogens (tertiary/aromatic N) is 4. The van der Waals surface area contributed by atoms with E-state index in [1.165, 1.54) is 48.9 Å². The summed E-state index contributed by atoms with van der Waals surface area (Å²) in [5.41, 5.74) is 1.99. The summed E-state index contributed by atoms with van der Waals surface area (Å²) in [5.74, 6) is 0.247. The summed E-state index contributed by atoms with van der Waals surface area (Å²) < 4.78 is 46.5. The number of rotatable bonds is 13. The molecule has 0 radical (unpaired) electrons. The van der Waals surface area contributed by atoms with E-state index in [9.17, 15) is 9.18 Å². The summed E-state index contributed by atoms with van der Waals surface area (Å²) in [4.78, 5) is 31.9. The number of aromatic nitrogens is 4. The molecule has 48 heavy (non-hydrogen) atoms. The van der Waals surface area contributed by atoms with Crippen molar-refractivity contribution in [2.45, 2.75) is 20.3 Å². The van der Waals surface area contributed by atoms with Gasteiger partial charge in [0.2, 0.25) is 11.3 Å². The molecular formula is C36H34F2N6O4. The number of pyridine rings is 2. The number of nitrogens with one attached hydrogen (secondary N) is 2. The van der Waals surface area contributed by atoms with E-state index in [1.807, 2.05) is 0 Å². The fourth-order valence-corrected chi connectivity index (χ4v) is 5.41. The number of halogens is 2. The zero-order valence-electron chi connectivity index (χ0n) is 26.7. The Balaban J connectivity index is 1.24. The smallest absolute Gasteiger partial charge is 0.230 e. The van der Waals surface area contributed by atoms with E-state index in [2.05, 4.69) is 44.0 Å². The van der Waals surface area contributed by atoms with Crippen LogP contribution in [-0.2, 0) is 0 Å². The SMILES string of the molecule is CCN(CC)CCCOc1cc2c(Oc3ccc(Nc4nccc5[nH]cc(-c6ccc(F)cc6)c(=O)c45)cc3F)ncnc2cc1OC. The molecule has 0 fully saturated rings. The van der Waals surface area contributed by atoms with Crippen LogP contribution >= 0.6 is 0 Å². The van der Waals surface area contributed by atoms with Gasteiger partial charge in [0.15, 0.2) is 23.1 Å². The van der Waals surface area contributed by atoms with Gasteiger partial charge in [0.1, 0.15) is 18.0 Å². The van der Waals surface area contributed by atoms with Crippen LogP contribution in [0.25, 0.3) is 32.9 Å². The highest BCUT2D eigenvalue weighted by molar-refractivity contribution is 5.93. The second-order valence-electron chi connectivity index (χ2n) is 10.9. The Hall–Kier alpha value is -5.62. The summed E-state index contributed by atoms with van der Waals surface area (Å²) in [6.45, 7) is 7.60. The molecule has 0 saturated heterocycles. The van der Waals surface area contributed by atoms with Crippen molar-refractivity contribution >= 4 is 33.3 Å². The van der Waals surface area contributed by atoms with Gasteiger partial charge in [-0.05, 0) is 61.5 Å². The lowest BCUT2D eigenvalue weighted by atomic mass is 10.0. The van der Waals surface area contributed by atoms with Gasteiger partial charge in [0, 0.05) is 42.3 Å². The van der Waals surface area contributed by atoms with Gasteiger partial charge in [-0.1, -0.05) is 26.0 Å². The Kier molecular flexibility index (Phi) is 9.72. The van der Waals surface area contributed by atoms with Crippen molar-refractivity contribution in [2.24, 2.45) is 0 Å². The number of methoxy groups -OCH3 is 1. The van der Waals surface area contributed by atoms with Gasteiger partial charge in [0.05, 0.1) is 35.5 Å². The number of benzene rings is 3. The second-order valence-corrected chi connectivity index (χ2v) is 10.9. The molecule has 2 N–H and O–H groups in total. The number of fused-ring (bicyclic) bond motifs is 2. The van der Waals surface area contributed by atoms with Gasteiger partial charge in [-0.2, -0.15) is 0 Å². The number of anilines is 2. The van der Waals surface area contributed by atoms with E-state index in [4.69, 9.17) is 14.2 Å². The molecule has 0 aliphatic rings.